The molecule has 116 valence electrons. The summed E-state index contributed by atoms with van der Waals surface area (Å²) in [6, 6.07) is 6.54. The Morgan fingerprint density at radius 2 is 2.00 bits per heavy atom. The van der Waals surface area contributed by atoms with Crippen LogP contribution in [0.5, 0.6) is 0 Å². The summed E-state index contributed by atoms with van der Waals surface area (Å²) in [6.45, 7) is 9.18. The third kappa shape index (κ3) is 4.45. The summed E-state index contributed by atoms with van der Waals surface area (Å²) in [6.07, 6.45) is 1.15. The van der Waals surface area contributed by atoms with Gasteiger partial charge in [-0.05, 0) is 30.7 Å². The minimum atomic E-state index is 0.174. The average Bonchev–Trinajstić information content (AvgIpc) is 2.49. The molecule has 1 heterocycles. The molecule has 1 fully saturated rings. The molecule has 4 nitrogen and oxygen atoms in total. The van der Waals surface area contributed by atoms with Crippen molar-refractivity contribution in [1.29, 1.82) is 0 Å². The van der Waals surface area contributed by atoms with Gasteiger partial charge < -0.3 is 15.1 Å². The number of nitrogens with one attached hydrogen (secondary N) is 1. The van der Waals surface area contributed by atoms with Crippen molar-refractivity contribution >= 4 is 27.5 Å². The van der Waals surface area contributed by atoms with Gasteiger partial charge in [0.1, 0.15) is 0 Å². The van der Waals surface area contributed by atoms with Crippen LogP contribution in [0.25, 0.3) is 0 Å². The van der Waals surface area contributed by atoms with Gasteiger partial charge in [-0.25, -0.2) is 0 Å². The molecular formula is C16H24BrN3O. The predicted octanol–water partition coefficient (Wildman–Crippen LogP) is 2.62. The Labute approximate surface area is 135 Å². The van der Waals surface area contributed by atoms with Crippen LogP contribution in [0.4, 0.5) is 5.69 Å². The Morgan fingerprint density at radius 3 is 2.57 bits per heavy atom. The van der Waals surface area contributed by atoms with Crippen molar-refractivity contribution in [2.24, 2.45) is 0 Å². The number of nitrogens with zero attached hydrogens (tertiary/aromatic N) is 2. The van der Waals surface area contributed by atoms with E-state index in [1.807, 2.05) is 4.90 Å². The van der Waals surface area contributed by atoms with E-state index in [1.165, 1.54) is 11.3 Å². The van der Waals surface area contributed by atoms with Crippen molar-refractivity contribution in [3.63, 3.8) is 0 Å². The number of hydrogen-bond donors (Lipinski definition) is 1. The lowest BCUT2D eigenvalue weighted by Crippen LogP contribution is -2.48. The van der Waals surface area contributed by atoms with Gasteiger partial charge in [0, 0.05) is 49.8 Å². The third-order valence-electron chi connectivity index (χ3n) is 3.87. The van der Waals surface area contributed by atoms with E-state index < -0.39 is 0 Å². The molecule has 1 aliphatic heterocycles. The number of carbonyl (C=O) groups excluding carboxylic acids is 1. The van der Waals surface area contributed by atoms with E-state index in [1.54, 1.807) is 6.92 Å². The van der Waals surface area contributed by atoms with Crippen LogP contribution in [0.2, 0.25) is 0 Å². The van der Waals surface area contributed by atoms with E-state index in [0.29, 0.717) is 0 Å². The standard InChI is InChI=1S/C16H24BrN3O/c1-3-6-18-12-14-4-5-15(11-16(14)17)20-9-7-19(8-10-20)13(2)21/h4-5,11,18H,3,6-10,12H2,1-2H3. The number of piperazine rings is 1. The highest BCUT2D eigenvalue weighted by atomic mass is 79.9. The summed E-state index contributed by atoms with van der Waals surface area (Å²) in [5.74, 6) is 0.174. The Morgan fingerprint density at radius 1 is 1.29 bits per heavy atom. The maximum Gasteiger partial charge on any atom is 0.219 e. The summed E-state index contributed by atoms with van der Waals surface area (Å²) < 4.78 is 1.15. The molecule has 1 N–H and O–H groups in total. The number of anilines is 1. The number of carbonyl (C=O) groups is 1. The van der Waals surface area contributed by atoms with Crippen LogP contribution in [0.3, 0.4) is 0 Å². The van der Waals surface area contributed by atoms with Crippen LogP contribution in [-0.2, 0) is 11.3 Å². The largest absolute Gasteiger partial charge is 0.368 e. The summed E-state index contributed by atoms with van der Waals surface area (Å²) in [5, 5.41) is 3.42. The van der Waals surface area contributed by atoms with Gasteiger partial charge in [-0.1, -0.05) is 28.9 Å². The average molecular weight is 354 g/mol. The number of amides is 1. The molecule has 0 bridgehead atoms. The monoisotopic (exact) mass is 353 g/mol. The molecule has 1 saturated heterocycles. The van der Waals surface area contributed by atoms with E-state index in [4.69, 9.17) is 0 Å². The minimum absolute atomic E-state index is 0.174. The van der Waals surface area contributed by atoms with Crippen molar-refractivity contribution < 1.29 is 4.79 Å². The highest BCUT2D eigenvalue weighted by molar-refractivity contribution is 9.10. The molecule has 0 spiro atoms. The SMILES string of the molecule is CCCNCc1ccc(N2CCN(C(C)=O)CC2)cc1Br. The second-order valence-electron chi connectivity index (χ2n) is 5.45. The van der Waals surface area contributed by atoms with Crippen LogP contribution in [-0.4, -0.2) is 43.5 Å². The van der Waals surface area contributed by atoms with Crippen LogP contribution < -0.4 is 10.2 Å². The van der Waals surface area contributed by atoms with Crippen molar-refractivity contribution in [3.8, 4) is 0 Å². The molecule has 1 aromatic carbocycles. The first-order valence-electron chi connectivity index (χ1n) is 7.61. The number of hydrogen-bond acceptors (Lipinski definition) is 3. The Hall–Kier alpha value is -1.07. The van der Waals surface area contributed by atoms with Crippen LogP contribution in [0.15, 0.2) is 22.7 Å². The molecule has 1 aliphatic rings. The van der Waals surface area contributed by atoms with E-state index in [9.17, 15) is 4.79 Å². The topological polar surface area (TPSA) is 35.6 Å². The Bertz CT molecular complexity index is 484. The molecule has 0 atom stereocenters. The quantitative estimate of drug-likeness (QED) is 0.826. The van der Waals surface area contributed by atoms with Gasteiger partial charge in [-0.15, -0.1) is 0 Å². The normalized spacial score (nSPS) is 15.4. The van der Waals surface area contributed by atoms with Crippen LogP contribution in [0, 0.1) is 0 Å². The number of rotatable bonds is 5. The molecular weight excluding hydrogens is 330 g/mol. The highest BCUT2D eigenvalue weighted by Gasteiger charge is 2.19. The molecule has 1 aromatic rings. The smallest absolute Gasteiger partial charge is 0.219 e. The first-order valence-corrected chi connectivity index (χ1v) is 8.40. The molecule has 5 heteroatoms. The molecule has 21 heavy (non-hydrogen) atoms. The maximum absolute atomic E-state index is 11.4. The zero-order chi connectivity index (χ0) is 15.2. The lowest BCUT2D eigenvalue weighted by Gasteiger charge is -2.35. The molecule has 2 rings (SSSR count). The molecule has 0 radical (unpaired) electrons. The third-order valence-corrected chi connectivity index (χ3v) is 4.61. The van der Waals surface area contributed by atoms with Gasteiger partial charge >= 0.3 is 0 Å². The number of halogens is 1. The summed E-state index contributed by atoms with van der Waals surface area (Å²) in [7, 11) is 0. The van der Waals surface area contributed by atoms with E-state index in [2.05, 4.69) is 51.3 Å². The lowest BCUT2D eigenvalue weighted by molar-refractivity contribution is -0.129. The Kier molecular flexibility index (Phi) is 6.06. The van der Waals surface area contributed by atoms with Crippen LogP contribution in [0.1, 0.15) is 25.8 Å². The van der Waals surface area contributed by atoms with Crippen LogP contribution >= 0.6 is 15.9 Å². The zero-order valence-corrected chi connectivity index (χ0v) is 14.4. The second-order valence-corrected chi connectivity index (χ2v) is 6.30. The van der Waals surface area contributed by atoms with Crippen molar-refractivity contribution in [1.82, 2.24) is 10.2 Å². The summed E-state index contributed by atoms with van der Waals surface area (Å²) in [5.41, 5.74) is 2.51. The van der Waals surface area contributed by atoms with Crippen molar-refractivity contribution in [2.45, 2.75) is 26.8 Å². The minimum Gasteiger partial charge on any atom is -0.368 e. The zero-order valence-electron chi connectivity index (χ0n) is 12.9. The Balaban J connectivity index is 1.95. The molecule has 0 aliphatic carbocycles. The highest BCUT2D eigenvalue weighted by Crippen LogP contribution is 2.25. The van der Waals surface area contributed by atoms with Gasteiger partial charge in [0.25, 0.3) is 0 Å². The lowest BCUT2D eigenvalue weighted by atomic mass is 10.1. The number of benzene rings is 1. The van der Waals surface area contributed by atoms with Gasteiger partial charge in [-0.2, -0.15) is 0 Å². The van der Waals surface area contributed by atoms with Crippen molar-refractivity contribution in [2.75, 3.05) is 37.6 Å². The van der Waals surface area contributed by atoms with Crippen molar-refractivity contribution in [3.05, 3.63) is 28.2 Å². The molecule has 0 aromatic heterocycles. The second kappa shape index (κ2) is 7.80. The van der Waals surface area contributed by atoms with E-state index >= 15 is 0 Å². The van der Waals surface area contributed by atoms with Gasteiger partial charge in [0.05, 0.1) is 0 Å². The molecule has 0 saturated carbocycles. The first kappa shape index (κ1) is 16.3. The van der Waals surface area contributed by atoms with Gasteiger partial charge in [0.15, 0.2) is 0 Å². The van der Waals surface area contributed by atoms with Gasteiger partial charge in [0.2, 0.25) is 5.91 Å². The summed E-state index contributed by atoms with van der Waals surface area (Å²) >= 11 is 3.67. The maximum atomic E-state index is 11.4. The summed E-state index contributed by atoms with van der Waals surface area (Å²) in [4.78, 5) is 15.6. The fraction of sp³-hybridized carbons (Fsp3) is 0.562. The molecule has 0 unspecified atom stereocenters. The van der Waals surface area contributed by atoms with E-state index in [-0.39, 0.29) is 5.91 Å². The van der Waals surface area contributed by atoms with E-state index in [0.717, 1.165) is 50.2 Å². The fourth-order valence-corrected chi connectivity index (χ4v) is 3.06. The fourth-order valence-electron chi connectivity index (χ4n) is 2.56. The van der Waals surface area contributed by atoms with Gasteiger partial charge in [-0.3, -0.25) is 4.79 Å². The first-order chi connectivity index (χ1) is 10.1. The predicted molar refractivity (Wildman–Crippen MR) is 90.6 cm³/mol. The molecule has 1 amide bonds.